The first-order valence-corrected chi connectivity index (χ1v) is 8.92. The number of likely N-dealkylation sites (tertiary alicyclic amines) is 1. The van der Waals surface area contributed by atoms with Crippen LogP contribution in [0.25, 0.3) is 11.0 Å². The van der Waals surface area contributed by atoms with E-state index in [-0.39, 0.29) is 12.5 Å². The summed E-state index contributed by atoms with van der Waals surface area (Å²) in [5.41, 5.74) is 8.85. The van der Waals surface area contributed by atoms with E-state index in [0.717, 1.165) is 42.1 Å². The van der Waals surface area contributed by atoms with Gasteiger partial charge in [0.05, 0.1) is 17.1 Å². The third kappa shape index (κ3) is 2.97. The molecule has 134 valence electrons. The number of benzene rings is 1. The van der Waals surface area contributed by atoms with Crippen LogP contribution in [0.15, 0.2) is 18.2 Å². The van der Waals surface area contributed by atoms with E-state index in [1.807, 2.05) is 39.5 Å². The van der Waals surface area contributed by atoms with E-state index in [4.69, 9.17) is 10.7 Å². The third-order valence-corrected chi connectivity index (χ3v) is 5.24. The molecule has 0 radical (unpaired) electrons. The molecule has 0 bridgehead atoms. The normalized spacial score (nSPS) is 23.8. The number of aromatic nitrogens is 2. The van der Waals surface area contributed by atoms with E-state index in [2.05, 4.69) is 0 Å². The molecule has 0 aliphatic carbocycles. The molecule has 1 aromatic heterocycles. The Morgan fingerprint density at radius 1 is 1.36 bits per heavy atom. The first-order chi connectivity index (χ1) is 12.0. The number of amides is 1. The second kappa shape index (κ2) is 6.29. The number of nitrogens with zero attached hydrogens (tertiary/aromatic N) is 4. The average molecular weight is 345 g/mol. The summed E-state index contributed by atoms with van der Waals surface area (Å²) in [5.74, 6) is 0.828. The number of aryl methyl sites for hydroxylation is 1. The van der Waals surface area contributed by atoms with Crippen molar-refractivity contribution in [2.24, 2.45) is 5.73 Å². The predicted octanol–water partition coefficient (Wildman–Crippen LogP) is 1.45. The van der Waals surface area contributed by atoms with Gasteiger partial charge in [-0.25, -0.2) is 9.37 Å². The van der Waals surface area contributed by atoms with Crippen molar-refractivity contribution < 1.29 is 9.18 Å². The molecule has 6 nitrogen and oxygen atoms in total. The largest absolute Gasteiger partial charge is 0.341 e. The van der Waals surface area contributed by atoms with Gasteiger partial charge < -0.3 is 20.1 Å². The first-order valence-electron chi connectivity index (χ1n) is 8.92. The lowest BCUT2D eigenvalue weighted by atomic mass is 10.1. The van der Waals surface area contributed by atoms with E-state index in [0.29, 0.717) is 19.5 Å². The van der Waals surface area contributed by atoms with Gasteiger partial charge in [-0.1, -0.05) is 6.07 Å². The van der Waals surface area contributed by atoms with Gasteiger partial charge in [-0.2, -0.15) is 0 Å². The van der Waals surface area contributed by atoms with Crippen molar-refractivity contribution in [3.63, 3.8) is 0 Å². The lowest BCUT2D eigenvalue weighted by molar-refractivity contribution is -0.135. The maximum Gasteiger partial charge on any atom is 0.242 e. The molecule has 7 heteroatoms. The van der Waals surface area contributed by atoms with Crippen molar-refractivity contribution in [2.75, 3.05) is 31.1 Å². The Bertz CT molecular complexity index is 800. The maximum atomic E-state index is 13.8. The van der Waals surface area contributed by atoms with Crippen LogP contribution in [0.2, 0.25) is 0 Å². The summed E-state index contributed by atoms with van der Waals surface area (Å²) < 4.78 is 15.7. The summed E-state index contributed by atoms with van der Waals surface area (Å²) in [4.78, 5) is 21.2. The summed E-state index contributed by atoms with van der Waals surface area (Å²) in [5, 5.41) is 0. The number of rotatable bonds is 3. The molecule has 3 heterocycles. The topological polar surface area (TPSA) is 67.4 Å². The summed E-state index contributed by atoms with van der Waals surface area (Å²) in [7, 11) is 0. The molecule has 0 unspecified atom stereocenters. The molecule has 2 aliphatic heterocycles. The average Bonchev–Trinajstić information content (AvgIpc) is 2.86. The first kappa shape index (κ1) is 16.3. The monoisotopic (exact) mass is 345 g/mol. The number of halogens is 1. The highest BCUT2D eigenvalue weighted by atomic mass is 19.1. The zero-order valence-corrected chi connectivity index (χ0v) is 14.5. The minimum absolute atomic E-state index is 0.108. The Morgan fingerprint density at radius 2 is 2.16 bits per heavy atom. The highest BCUT2D eigenvalue weighted by molar-refractivity contribution is 5.84. The Morgan fingerprint density at radius 3 is 2.84 bits per heavy atom. The van der Waals surface area contributed by atoms with Crippen molar-refractivity contribution in [3.05, 3.63) is 23.8 Å². The molecule has 1 amide bonds. The number of hydrogen-bond donors (Lipinski definition) is 1. The smallest absolute Gasteiger partial charge is 0.242 e. The van der Waals surface area contributed by atoms with Crippen molar-refractivity contribution in [2.45, 2.75) is 38.5 Å². The fraction of sp³-hybridized carbons (Fsp3) is 0.556. The highest BCUT2D eigenvalue weighted by Crippen LogP contribution is 2.27. The van der Waals surface area contributed by atoms with Gasteiger partial charge in [0.15, 0.2) is 0 Å². The summed E-state index contributed by atoms with van der Waals surface area (Å²) in [6.45, 7) is 4.93. The number of imidazole rings is 1. The summed E-state index contributed by atoms with van der Waals surface area (Å²) >= 11 is 0. The van der Waals surface area contributed by atoms with Crippen LogP contribution < -0.4 is 10.6 Å². The van der Waals surface area contributed by atoms with Crippen LogP contribution in [-0.4, -0.2) is 58.8 Å². The van der Waals surface area contributed by atoms with Crippen molar-refractivity contribution >= 4 is 22.9 Å². The quantitative estimate of drug-likeness (QED) is 0.914. The molecular formula is C18H24FN5O. The summed E-state index contributed by atoms with van der Waals surface area (Å²) in [6, 6.07) is 5.53. The minimum atomic E-state index is -0.973. The second-order valence-corrected chi connectivity index (χ2v) is 7.14. The van der Waals surface area contributed by atoms with Gasteiger partial charge in [0.1, 0.15) is 12.7 Å². The number of alkyl halides is 1. The molecule has 2 N–H and O–H groups in total. The number of hydrogen-bond acceptors (Lipinski definition) is 4. The van der Waals surface area contributed by atoms with Crippen LogP contribution >= 0.6 is 0 Å². The SMILES string of the molecule is Cc1ccc2c(c1)nc(N1CC[C@H](F)[C@H](N)C1)n2CC(=O)N1CCC1. The van der Waals surface area contributed by atoms with E-state index < -0.39 is 12.2 Å². The summed E-state index contributed by atoms with van der Waals surface area (Å²) in [6.07, 6.45) is 0.490. The standard InChI is InChI=1S/C18H24FN5O/c1-12-3-4-16-15(9-12)21-18(23-8-5-13(19)14(20)10-23)24(16)11-17(25)22-6-2-7-22/h3-4,9,13-14H,2,5-8,10-11,20H2,1H3/t13-,14+/m0/s1. The zero-order chi connectivity index (χ0) is 17.6. The minimum Gasteiger partial charge on any atom is -0.341 e. The van der Waals surface area contributed by atoms with Gasteiger partial charge in [-0.15, -0.1) is 0 Å². The molecule has 2 aliphatic rings. The maximum absolute atomic E-state index is 13.8. The molecule has 2 saturated heterocycles. The molecule has 0 saturated carbocycles. The molecular weight excluding hydrogens is 321 g/mol. The van der Waals surface area contributed by atoms with E-state index in [1.165, 1.54) is 0 Å². The van der Waals surface area contributed by atoms with Gasteiger partial charge in [0.2, 0.25) is 11.9 Å². The number of piperidine rings is 1. The number of anilines is 1. The van der Waals surface area contributed by atoms with Crippen LogP contribution in [0.5, 0.6) is 0 Å². The van der Waals surface area contributed by atoms with Crippen LogP contribution in [0.1, 0.15) is 18.4 Å². The predicted molar refractivity (Wildman–Crippen MR) is 95.4 cm³/mol. The van der Waals surface area contributed by atoms with Crippen molar-refractivity contribution in [1.82, 2.24) is 14.5 Å². The molecule has 4 rings (SSSR count). The van der Waals surface area contributed by atoms with Gasteiger partial charge in [0, 0.05) is 26.2 Å². The second-order valence-electron chi connectivity index (χ2n) is 7.14. The molecule has 1 aromatic carbocycles. The van der Waals surface area contributed by atoms with Crippen molar-refractivity contribution in [3.8, 4) is 0 Å². The zero-order valence-electron chi connectivity index (χ0n) is 14.5. The Labute approximate surface area is 146 Å². The molecule has 25 heavy (non-hydrogen) atoms. The molecule has 2 atom stereocenters. The van der Waals surface area contributed by atoms with Crippen LogP contribution in [0.4, 0.5) is 10.3 Å². The van der Waals surface area contributed by atoms with Crippen LogP contribution in [-0.2, 0) is 11.3 Å². The van der Waals surface area contributed by atoms with Gasteiger partial charge in [-0.05, 0) is 37.5 Å². The lowest BCUT2D eigenvalue weighted by Gasteiger charge is -2.35. The fourth-order valence-corrected chi connectivity index (χ4v) is 3.56. The Balaban J connectivity index is 1.71. The number of nitrogens with two attached hydrogens (primary N) is 1. The number of carbonyl (C=O) groups is 1. The van der Waals surface area contributed by atoms with E-state index >= 15 is 0 Å². The Hall–Kier alpha value is -2.15. The molecule has 2 fully saturated rings. The van der Waals surface area contributed by atoms with Gasteiger partial charge in [0.25, 0.3) is 0 Å². The van der Waals surface area contributed by atoms with Gasteiger partial charge in [-0.3, -0.25) is 4.79 Å². The highest BCUT2D eigenvalue weighted by Gasteiger charge is 2.30. The van der Waals surface area contributed by atoms with E-state index in [9.17, 15) is 9.18 Å². The molecule has 0 spiro atoms. The fourth-order valence-electron chi connectivity index (χ4n) is 3.56. The lowest BCUT2D eigenvalue weighted by Crippen LogP contribution is -2.50. The van der Waals surface area contributed by atoms with Crippen molar-refractivity contribution in [1.29, 1.82) is 0 Å². The third-order valence-electron chi connectivity index (χ3n) is 5.24. The van der Waals surface area contributed by atoms with Crippen LogP contribution in [0.3, 0.4) is 0 Å². The number of fused-ring (bicyclic) bond motifs is 1. The number of carbonyl (C=O) groups excluding carboxylic acids is 1. The Kier molecular flexibility index (Phi) is 4.11. The van der Waals surface area contributed by atoms with Gasteiger partial charge >= 0.3 is 0 Å². The molecule has 2 aromatic rings. The van der Waals surface area contributed by atoms with E-state index in [1.54, 1.807) is 0 Å². The van der Waals surface area contributed by atoms with Crippen LogP contribution in [0, 0.1) is 6.92 Å².